The van der Waals surface area contributed by atoms with Crippen molar-refractivity contribution >= 4 is 23.4 Å². The van der Waals surface area contributed by atoms with Crippen LogP contribution in [0.2, 0.25) is 5.15 Å². The SMILES string of the molecule is Clc1ccc(SCC2CCCCN2)nn1. The van der Waals surface area contributed by atoms with Crippen molar-refractivity contribution in [2.45, 2.75) is 30.3 Å². The van der Waals surface area contributed by atoms with Crippen LogP contribution in [0.4, 0.5) is 0 Å². The van der Waals surface area contributed by atoms with Crippen LogP contribution in [0.5, 0.6) is 0 Å². The number of nitrogens with one attached hydrogen (secondary N) is 1. The fourth-order valence-electron chi connectivity index (χ4n) is 1.63. The Labute approximate surface area is 99.0 Å². The molecule has 2 heterocycles. The maximum atomic E-state index is 5.67. The molecule has 0 saturated carbocycles. The highest BCUT2D eigenvalue weighted by Gasteiger charge is 2.12. The van der Waals surface area contributed by atoms with E-state index in [-0.39, 0.29) is 0 Å². The summed E-state index contributed by atoms with van der Waals surface area (Å²) in [4.78, 5) is 0. The molecule has 0 bridgehead atoms. The smallest absolute Gasteiger partial charge is 0.151 e. The van der Waals surface area contributed by atoms with Gasteiger partial charge in [0.1, 0.15) is 5.03 Å². The highest BCUT2D eigenvalue weighted by atomic mass is 35.5. The molecule has 3 nitrogen and oxygen atoms in total. The topological polar surface area (TPSA) is 37.8 Å². The Hall–Kier alpha value is -0.320. The maximum absolute atomic E-state index is 5.67. The van der Waals surface area contributed by atoms with Crippen molar-refractivity contribution in [1.29, 1.82) is 0 Å². The van der Waals surface area contributed by atoms with Gasteiger partial charge in [-0.1, -0.05) is 18.0 Å². The fraction of sp³-hybridized carbons (Fsp3) is 0.600. The Morgan fingerprint density at radius 3 is 3.00 bits per heavy atom. The third kappa shape index (κ3) is 3.63. The Balaban J connectivity index is 1.79. The van der Waals surface area contributed by atoms with Crippen molar-refractivity contribution in [3.63, 3.8) is 0 Å². The molecule has 0 aliphatic carbocycles. The highest BCUT2D eigenvalue weighted by molar-refractivity contribution is 7.99. The van der Waals surface area contributed by atoms with Gasteiger partial charge in [-0.15, -0.1) is 22.0 Å². The molecule has 1 fully saturated rings. The van der Waals surface area contributed by atoms with E-state index in [9.17, 15) is 0 Å². The second-order valence-electron chi connectivity index (χ2n) is 3.65. The van der Waals surface area contributed by atoms with E-state index in [0.29, 0.717) is 11.2 Å². The van der Waals surface area contributed by atoms with Crippen molar-refractivity contribution in [2.24, 2.45) is 0 Å². The minimum atomic E-state index is 0.454. The molecule has 15 heavy (non-hydrogen) atoms. The lowest BCUT2D eigenvalue weighted by molar-refractivity contribution is 0.430. The summed E-state index contributed by atoms with van der Waals surface area (Å²) in [7, 11) is 0. The molecule has 1 aliphatic rings. The van der Waals surface area contributed by atoms with Crippen LogP contribution in [-0.2, 0) is 0 Å². The van der Waals surface area contributed by atoms with Crippen molar-refractivity contribution in [3.05, 3.63) is 17.3 Å². The van der Waals surface area contributed by atoms with Crippen LogP contribution in [-0.4, -0.2) is 28.5 Å². The summed E-state index contributed by atoms with van der Waals surface area (Å²) in [5.41, 5.74) is 0. The van der Waals surface area contributed by atoms with Crippen molar-refractivity contribution in [1.82, 2.24) is 15.5 Å². The van der Waals surface area contributed by atoms with Gasteiger partial charge in [-0.05, 0) is 31.5 Å². The Bertz CT molecular complexity index is 298. The summed E-state index contributed by atoms with van der Waals surface area (Å²) >= 11 is 7.41. The Morgan fingerprint density at radius 1 is 1.40 bits per heavy atom. The lowest BCUT2D eigenvalue weighted by Gasteiger charge is -2.22. The predicted molar refractivity (Wildman–Crippen MR) is 63.4 cm³/mol. The van der Waals surface area contributed by atoms with Crippen LogP contribution in [0.3, 0.4) is 0 Å². The van der Waals surface area contributed by atoms with Gasteiger partial charge >= 0.3 is 0 Å². The second-order valence-corrected chi connectivity index (χ2v) is 5.08. The minimum Gasteiger partial charge on any atom is -0.313 e. The zero-order chi connectivity index (χ0) is 10.5. The summed E-state index contributed by atoms with van der Waals surface area (Å²) in [6.07, 6.45) is 3.92. The van der Waals surface area contributed by atoms with Gasteiger partial charge in [-0.2, -0.15) is 0 Å². The molecule has 0 aromatic carbocycles. The zero-order valence-corrected chi connectivity index (χ0v) is 10.0. The quantitative estimate of drug-likeness (QED) is 0.828. The van der Waals surface area contributed by atoms with Crippen LogP contribution in [0.1, 0.15) is 19.3 Å². The summed E-state index contributed by atoms with van der Waals surface area (Å²) < 4.78 is 0. The molecule has 1 aromatic rings. The molecule has 1 aliphatic heterocycles. The minimum absolute atomic E-state index is 0.454. The number of thioether (sulfide) groups is 1. The molecule has 0 amide bonds. The normalized spacial score (nSPS) is 21.5. The fourth-order valence-corrected chi connectivity index (χ4v) is 2.65. The molecule has 1 aromatic heterocycles. The van der Waals surface area contributed by atoms with E-state index in [0.717, 1.165) is 17.3 Å². The first-order valence-corrected chi connectivity index (χ1v) is 6.56. The van der Waals surface area contributed by atoms with Gasteiger partial charge in [0.2, 0.25) is 0 Å². The van der Waals surface area contributed by atoms with Gasteiger partial charge in [0, 0.05) is 11.8 Å². The lowest BCUT2D eigenvalue weighted by atomic mass is 10.1. The molecule has 1 N–H and O–H groups in total. The Kier molecular flexibility index (Phi) is 4.23. The van der Waals surface area contributed by atoms with Crippen LogP contribution in [0.15, 0.2) is 17.2 Å². The zero-order valence-electron chi connectivity index (χ0n) is 8.45. The van der Waals surface area contributed by atoms with Crippen LogP contribution >= 0.6 is 23.4 Å². The van der Waals surface area contributed by atoms with Gasteiger partial charge < -0.3 is 5.32 Å². The first-order chi connectivity index (χ1) is 7.34. The molecular formula is C10H14ClN3S. The van der Waals surface area contributed by atoms with Gasteiger partial charge in [0.25, 0.3) is 0 Å². The average molecular weight is 244 g/mol. The maximum Gasteiger partial charge on any atom is 0.151 e. The number of halogens is 1. The lowest BCUT2D eigenvalue weighted by Crippen LogP contribution is -2.35. The largest absolute Gasteiger partial charge is 0.313 e. The number of hydrogen-bond donors (Lipinski definition) is 1. The summed E-state index contributed by atoms with van der Waals surface area (Å²) in [5.74, 6) is 1.07. The molecule has 0 radical (unpaired) electrons. The van der Waals surface area contributed by atoms with E-state index >= 15 is 0 Å². The first kappa shape index (κ1) is 11.2. The molecule has 1 saturated heterocycles. The van der Waals surface area contributed by atoms with E-state index in [2.05, 4.69) is 15.5 Å². The molecule has 1 unspecified atom stereocenters. The molecule has 0 spiro atoms. The van der Waals surface area contributed by atoms with Gasteiger partial charge in [0.15, 0.2) is 5.15 Å². The summed E-state index contributed by atoms with van der Waals surface area (Å²) in [6.45, 7) is 1.15. The van der Waals surface area contributed by atoms with Gasteiger partial charge in [-0.3, -0.25) is 0 Å². The first-order valence-electron chi connectivity index (χ1n) is 5.20. The Morgan fingerprint density at radius 2 is 2.33 bits per heavy atom. The van der Waals surface area contributed by atoms with E-state index in [1.54, 1.807) is 17.8 Å². The second kappa shape index (κ2) is 5.68. The summed E-state index contributed by atoms with van der Waals surface area (Å²) in [6, 6.07) is 4.33. The van der Waals surface area contributed by atoms with E-state index in [4.69, 9.17) is 11.6 Å². The van der Waals surface area contributed by atoms with Crippen LogP contribution in [0.25, 0.3) is 0 Å². The molecule has 82 valence electrons. The number of aromatic nitrogens is 2. The molecular weight excluding hydrogens is 230 g/mol. The van der Waals surface area contributed by atoms with Gasteiger partial charge in [0.05, 0.1) is 0 Å². The standard InChI is InChI=1S/C10H14ClN3S/c11-9-4-5-10(14-13-9)15-7-8-3-1-2-6-12-8/h4-5,8,12H,1-3,6-7H2. The molecule has 1 atom stereocenters. The van der Waals surface area contributed by atoms with E-state index in [1.165, 1.54) is 19.3 Å². The molecule has 5 heteroatoms. The van der Waals surface area contributed by atoms with Crippen molar-refractivity contribution in [2.75, 3.05) is 12.3 Å². The van der Waals surface area contributed by atoms with Crippen molar-refractivity contribution in [3.8, 4) is 0 Å². The third-order valence-electron chi connectivity index (χ3n) is 2.45. The third-order valence-corrected chi connectivity index (χ3v) is 3.74. The van der Waals surface area contributed by atoms with Gasteiger partial charge in [-0.25, -0.2) is 0 Å². The number of piperidine rings is 1. The van der Waals surface area contributed by atoms with Crippen LogP contribution in [0, 0.1) is 0 Å². The number of rotatable bonds is 3. The molecule has 2 rings (SSSR count). The monoisotopic (exact) mass is 243 g/mol. The summed E-state index contributed by atoms with van der Waals surface area (Å²) in [5, 5.41) is 12.7. The van der Waals surface area contributed by atoms with Crippen molar-refractivity contribution < 1.29 is 0 Å². The van der Waals surface area contributed by atoms with E-state index in [1.807, 2.05) is 6.07 Å². The van der Waals surface area contributed by atoms with E-state index < -0.39 is 0 Å². The average Bonchev–Trinajstić information content (AvgIpc) is 2.30. The predicted octanol–water partition coefficient (Wildman–Crippen LogP) is 2.36. The number of hydrogen-bond acceptors (Lipinski definition) is 4. The highest BCUT2D eigenvalue weighted by Crippen LogP contribution is 2.19. The number of nitrogens with zero attached hydrogens (tertiary/aromatic N) is 2. The van der Waals surface area contributed by atoms with Crippen LogP contribution < -0.4 is 5.32 Å².